The van der Waals surface area contributed by atoms with Crippen LogP contribution < -0.4 is 21.7 Å². The van der Waals surface area contributed by atoms with Crippen LogP contribution >= 0.6 is 0 Å². The summed E-state index contributed by atoms with van der Waals surface area (Å²) in [4.78, 5) is 53.7. The summed E-state index contributed by atoms with van der Waals surface area (Å²) < 4.78 is 60.5. The van der Waals surface area contributed by atoms with Gasteiger partial charge in [-0.25, -0.2) is 4.79 Å². The van der Waals surface area contributed by atoms with Gasteiger partial charge < -0.3 is 176 Å². The van der Waals surface area contributed by atoms with Crippen molar-refractivity contribution in [3.05, 3.63) is 0 Å². The van der Waals surface area contributed by atoms with E-state index in [2.05, 4.69) is 16.0 Å². The van der Waals surface area contributed by atoms with Crippen molar-refractivity contribution < 1.29 is 173 Å². The smallest absolute Gasteiger partial charge is 0.329 e. The predicted molar refractivity (Wildman–Crippen MR) is 269 cm³/mol. The minimum Gasteiger partial charge on any atom is -0.458 e. The molecule has 0 aromatic carbocycles. The molecule has 3 amide bonds. The van der Waals surface area contributed by atoms with E-state index in [4.69, 9.17) is 57.8 Å². The number of nitrogens with one attached hydrogen (secondary N) is 3. The van der Waals surface area contributed by atoms with Crippen molar-refractivity contribution in [2.75, 3.05) is 39.6 Å². The SMILES string of the molecule is CC(C)(C)OC(=O)[C@H](CC(=O)N[C@@H]1O[C@H](CO)[C@@H](O[C@H]2O[C@H](CO)[C@@H](O[C@H]3O[C@H](CO)[C@@H](O)[C@H](O)[C@H]3O)[C@H](O)[C@H]2O)[C@H](O)[C@H]1O)NC(=O)[C@@H](N)CC(=O)N[C@@H]1O[C@H](CO)[C@@H](O[C@H]2O[C@H](CO)[C@@H](O[C@H]3O[C@H](CO)[C@@H](O)[C@H](O)[C@H]3O)[C@H](O)[C@H]2O)[C@H](O)[C@H]1O. The quantitative estimate of drug-likeness (QED) is 0.0422. The van der Waals surface area contributed by atoms with Gasteiger partial charge in [0, 0.05) is 0 Å². The molecule has 32 atom stereocenters. The minimum absolute atomic E-state index is 0.846. The number of ether oxygens (including phenoxy) is 11. The third-order valence-corrected chi connectivity index (χ3v) is 15.0. The molecule has 0 spiro atoms. The molecule has 6 aliphatic heterocycles. The fourth-order valence-electron chi connectivity index (χ4n) is 10.2. The second kappa shape index (κ2) is 31.3. The molecule has 6 heterocycles. The molecule has 0 aliphatic carbocycles. The maximum atomic E-state index is 13.6. The van der Waals surface area contributed by atoms with Gasteiger partial charge in [-0.15, -0.1) is 0 Å². The number of rotatable bonds is 23. The van der Waals surface area contributed by atoms with E-state index in [1.807, 2.05) is 0 Å². The van der Waals surface area contributed by atoms with Crippen molar-refractivity contribution in [2.24, 2.45) is 5.73 Å². The number of aliphatic hydroxyl groups is 20. The van der Waals surface area contributed by atoms with Crippen molar-refractivity contribution >= 4 is 23.7 Å². The lowest BCUT2D eigenvalue weighted by Crippen LogP contribution is -2.67. The van der Waals surface area contributed by atoms with E-state index in [0.717, 1.165) is 0 Å². The van der Waals surface area contributed by atoms with Gasteiger partial charge in [0.25, 0.3) is 0 Å². The topological polar surface area (TPSA) is 637 Å². The van der Waals surface area contributed by atoms with Crippen LogP contribution in [0, 0.1) is 0 Å². The van der Waals surface area contributed by atoms with Crippen molar-refractivity contribution in [1.82, 2.24) is 16.0 Å². The van der Waals surface area contributed by atoms with Crippen LogP contribution in [-0.4, -0.2) is 367 Å². The Morgan fingerprint density at radius 2 is 0.690 bits per heavy atom. The molecule has 6 saturated heterocycles. The largest absolute Gasteiger partial charge is 0.458 e. The molecule has 0 unspecified atom stereocenters. The molecular weight excluding hydrogens is 1190 g/mol. The van der Waals surface area contributed by atoms with E-state index in [-0.39, 0.29) is 0 Å². The molecule has 39 nitrogen and oxygen atoms in total. The summed E-state index contributed by atoms with van der Waals surface area (Å²) in [6.07, 6.45) is -58.6. The highest BCUT2D eigenvalue weighted by Gasteiger charge is 2.56. The van der Waals surface area contributed by atoms with Crippen LogP contribution in [0.15, 0.2) is 0 Å². The third kappa shape index (κ3) is 17.0. The number of carbonyl (C=O) groups excluding carboxylic acids is 4. The fourth-order valence-corrected chi connectivity index (χ4v) is 10.2. The van der Waals surface area contributed by atoms with Gasteiger partial charge in [0.2, 0.25) is 17.7 Å². The summed E-state index contributed by atoms with van der Waals surface area (Å²) in [5.41, 5.74) is 4.77. The number of aliphatic hydroxyl groups excluding tert-OH is 20. The van der Waals surface area contributed by atoms with Crippen LogP contribution in [0.1, 0.15) is 33.6 Å². The minimum atomic E-state index is -2.16. The highest BCUT2D eigenvalue weighted by molar-refractivity contribution is 5.93. The van der Waals surface area contributed by atoms with Crippen molar-refractivity contribution in [3.63, 3.8) is 0 Å². The van der Waals surface area contributed by atoms with Gasteiger partial charge in [0.05, 0.1) is 58.5 Å². The zero-order chi connectivity index (χ0) is 64.8. The lowest BCUT2D eigenvalue weighted by molar-refractivity contribution is -0.373. The summed E-state index contributed by atoms with van der Waals surface area (Å²) >= 11 is 0. The predicted octanol–water partition coefficient (Wildman–Crippen LogP) is -16.0. The van der Waals surface area contributed by atoms with E-state index in [9.17, 15) is 121 Å². The van der Waals surface area contributed by atoms with Crippen LogP contribution in [0.2, 0.25) is 0 Å². The summed E-state index contributed by atoms with van der Waals surface area (Å²) in [5.74, 6) is -4.87. The first-order valence-corrected chi connectivity index (χ1v) is 27.5. The normalized spacial score (nSPS) is 44.5. The molecule has 25 N–H and O–H groups in total. The number of carbonyl (C=O) groups is 4. The third-order valence-electron chi connectivity index (χ3n) is 15.0. The second-order valence-electron chi connectivity index (χ2n) is 22.5. The average molecular weight is 1280 g/mol. The molecule has 6 rings (SSSR count). The van der Waals surface area contributed by atoms with Gasteiger partial charge >= 0.3 is 5.97 Å². The number of hydrogen-bond donors (Lipinski definition) is 24. The first kappa shape index (κ1) is 72.7. The summed E-state index contributed by atoms with van der Waals surface area (Å²) in [6.45, 7) is -1.43. The van der Waals surface area contributed by atoms with Gasteiger partial charge in [-0.1, -0.05) is 0 Å². The molecule has 0 radical (unpaired) electrons. The molecule has 504 valence electrons. The Kier molecular flexibility index (Phi) is 26.2. The van der Waals surface area contributed by atoms with Crippen LogP contribution in [0.25, 0.3) is 0 Å². The first-order chi connectivity index (χ1) is 40.8. The molecule has 0 aromatic heterocycles. The zero-order valence-corrected chi connectivity index (χ0v) is 46.8. The van der Waals surface area contributed by atoms with Gasteiger partial charge in [0.1, 0.15) is 158 Å². The Bertz CT molecular complexity index is 2200. The van der Waals surface area contributed by atoms with Crippen LogP contribution in [-0.2, 0) is 71.3 Å². The molecule has 0 aromatic rings. The monoisotopic (exact) mass is 1270 g/mol. The molecule has 6 fully saturated rings. The van der Waals surface area contributed by atoms with Gasteiger partial charge in [-0.05, 0) is 20.8 Å². The highest BCUT2D eigenvalue weighted by Crippen LogP contribution is 2.35. The van der Waals surface area contributed by atoms with E-state index in [1.165, 1.54) is 20.8 Å². The molecule has 87 heavy (non-hydrogen) atoms. The first-order valence-electron chi connectivity index (χ1n) is 27.5. The van der Waals surface area contributed by atoms with Crippen molar-refractivity contribution in [2.45, 2.75) is 235 Å². The number of nitrogens with two attached hydrogens (primary N) is 1. The van der Waals surface area contributed by atoms with E-state index < -0.39 is 278 Å². The number of esters is 1. The Morgan fingerprint density at radius 1 is 0.402 bits per heavy atom. The molecule has 0 saturated carbocycles. The standard InChI is InChI=1S/C48H82N4O35/c1-48(2,3)87-43(76)13(5-21(60)52-42-31(70)27(66)37(17(9-56)78-42)84-47-35(74)29(68)39(19(11-58)82-47)86-45-33(72)25(64)23(62)15(7-54)80-45)50-40(75)12(49)4-20(59)51-41-30(69)26(65)36(16(8-55)77-41)83-46-34(73)28(67)38(18(10-57)81-46)85-44-32(71)24(63)22(61)14(6-53)79-44/h12-19,22-39,41-42,44-47,53-58,61-74H,4-11,49H2,1-3H3,(H,50,75)(H,51,59)(H,52,60)/t12-,13-,14+,15+,16+,17+,18+,19+,22+,23+,24-,25-,26+,27+,28+,29+,30+,31+,32+,33+,34+,35+,36+,37+,38+,39+,41+,42+,44+,45+,46+,47+/m0/s1. The van der Waals surface area contributed by atoms with E-state index in [0.29, 0.717) is 0 Å². The van der Waals surface area contributed by atoms with Crippen LogP contribution in [0.3, 0.4) is 0 Å². The lowest BCUT2D eigenvalue weighted by Gasteiger charge is -2.48. The number of hydrogen-bond acceptors (Lipinski definition) is 36. The fraction of sp³-hybridized carbons (Fsp3) is 0.917. The van der Waals surface area contributed by atoms with Crippen LogP contribution in [0.4, 0.5) is 0 Å². The van der Waals surface area contributed by atoms with Gasteiger partial charge in [-0.2, -0.15) is 0 Å². The second-order valence-corrected chi connectivity index (χ2v) is 22.5. The molecular formula is C48H82N4O35. The maximum Gasteiger partial charge on any atom is 0.329 e. The Balaban J connectivity index is 1.02. The average Bonchev–Trinajstić information content (AvgIpc) is 1.18. The summed E-state index contributed by atoms with van der Waals surface area (Å²) in [7, 11) is 0. The highest BCUT2D eigenvalue weighted by atomic mass is 16.8. The number of amides is 3. The Labute approximate surface area is 493 Å². The summed E-state index contributed by atoms with van der Waals surface area (Å²) in [6, 6.07) is -3.80. The van der Waals surface area contributed by atoms with Crippen molar-refractivity contribution in [3.8, 4) is 0 Å². The Morgan fingerprint density at radius 3 is 1.01 bits per heavy atom. The molecule has 39 heteroatoms. The van der Waals surface area contributed by atoms with Crippen molar-refractivity contribution in [1.29, 1.82) is 0 Å². The van der Waals surface area contributed by atoms with Gasteiger partial charge in [-0.3, -0.25) is 14.4 Å². The lowest BCUT2D eigenvalue weighted by atomic mass is 9.95. The van der Waals surface area contributed by atoms with E-state index in [1.54, 1.807) is 0 Å². The Hall–Kier alpha value is -3.36. The van der Waals surface area contributed by atoms with Crippen LogP contribution in [0.5, 0.6) is 0 Å². The molecule has 0 bridgehead atoms. The molecule has 6 aliphatic rings. The maximum absolute atomic E-state index is 13.6. The van der Waals surface area contributed by atoms with E-state index >= 15 is 0 Å². The zero-order valence-electron chi connectivity index (χ0n) is 46.8. The van der Waals surface area contributed by atoms with Gasteiger partial charge in [0.15, 0.2) is 37.6 Å². The summed E-state index contributed by atoms with van der Waals surface area (Å²) in [5, 5.41) is 216.